The Morgan fingerprint density at radius 3 is 2.48 bits per heavy atom. The van der Waals surface area contributed by atoms with E-state index in [-0.39, 0.29) is 23.5 Å². The molecule has 2 rings (SSSR count). The quantitative estimate of drug-likeness (QED) is 0.764. The second-order valence-corrected chi connectivity index (χ2v) is 6.55. The van der Waals surface area contributed by atoms with Crippen molar-refractivity contribution in [2.45, 2.75) is 24.4 Å². The Morgan fingerprint density at radius 1 is 1.22 bits per heavy atom. The number of hydrogen-bond acceptors (Lipinski definition) is 4. The van der Waals surface area contributed by atoms with Crippen molar-refractivity contribution < 1.29 is 13.2 Å². The Hall–Kier alpha value is -2.45. The fraction of sp³-hybridized carbons (Fsp3) is 0.200. The summed E-state index contributed by atoms with van der Waals surface area (Å²) in [7, 11) is -3.70. The number of carbonyl (C=O) groups excluding carboxylic acids is 1. The Bertz CT molecular complexity index is 761. The number of hydrogen-bond donors (Lipinski definition) is 3. The number of benzene rings is 1. The number of nitrogens with zero attached hydrogens (tertiary/aromatic N) is 1. The molecule has 0 unspecified atom stereocenters. The molecule has 1 atom stereocenters. The lowest BCUT2D eigenvalue weighted by Gasteiger charge is -2.14. The van der Waals surface area contributed by atoms with Gasteiger partial charge in [0, 0.05) is 12.7 Å². The van der Waals surface area contributed by atoms with Crippen LogP contribution in [-0.4, -0.2) is 19.4 Å². The first kappa shape index (κ1) is 16.9. The number of amides is 2. The van der Waals surface area contributed by atoms with E-state index in [1.807, 2.05) is 25.1 Å². The molecule has 0 spiro atoms. The number of nitrogens with one attached hydrogen (secondary N) is 2. The van der Waals surface area contributed by atoms with Crippen LogP contribution in [0.25, 0.3) is 0 Å². The molecule has 0 aliphatic rings. The molecule has 1 aromatic carbocycles. The topological polar surface area (TPSA) is 114 Å². The van der Waals surface area contributed by atoms with E-state index >= 15 is 0 Å². The van der Waals surface area contributed by atoms with E-state index in [0.29, 0.717) is 0 Å². The average molecular weight is 334 g/mol. The fourth-order valence-electron chi connectivity index (χ4n) is 1.93. The highest BCUT2D eigenvalue weighted by molar-refractivity contribution is 7.89. The molecule has 1 heterocycles. The Labute approximate surface area is 135 Å². The van der Waals surface area contributed by atoms with Crippen LogP contribution >= 0.6 is 0 Å². The zero-order valence-corrected chi connectivity index (χ0v) is 13.4. The number of carbonyl (C=O) groups is 1. The van der Waals surface area contributed by atoms with Crippen LogP contribution in [0.3, 0.4) is 0 Å². The predicted octanol–water partition coefficient (Wildman–Crippen LogP) is 1.29. The summed E-state index contributed by atoms with van der Waals surface area (Å²) >= 11 is 0. The summed E-state index contributed by atoms with van der Waals surface area (Å²) < 4.78 is 22.3. The van der Waals surface area contributed by atoms with Crippen LogP contribution in [0.2, 0.25) is 0 Å². The van der Waals surface area contributed by atoms with Crippen LogP contribution in [0.15, 0.2) is 53.6 Å². The number of primary sulfonamides is 1. The van der Waals surface area contributed by atoms with Crippen molar-refractivity contribution >= 4 is 16.1 Å². The summed E-state index contributed by atoms with van der Waals surface area (Å²) in [5, 5.41) is 10.5. The lowest BCUT2D eigenvalue weighted by Crippen LogP contribution is -2.36. The third kappa shape index (κ3) is 5.04. The summed E-state index contributed by atoms with van der Waals surface area (Å²) in [6.07, 6.45) is 1.67. The highest BCUT2D eigenvalue weighted by Crippen LogP contribution is 2.09. The standard InChI is InChI=1S/C15H18N4O3S/c1-11(14-4-2-3-9-17-14)19-15(20)18-10-12-5-7-13(8-6-12)23(16,21)22/h2-9,11H,10H2,1H3,(H2,16,21,22)(H2,18,19,20)/t11-/m0/s1. The first-order chi connectivity index (χ1) is 10.9. The number of sulfonamides is 1. The van der Waals surface area contributed by atoms with E-state index in [1.54, 1.807) is 18.3 Å². The van der Waals surface area contributed by atoms with Gasteiger partial charge in [-0.05, 0) is 36.8 Å². The van der Waals surface area contributed by atoms with Gasteiger partial charge in [0.2, 0.25) is 10.0 Å². The minimum atomic E-state index is -3.70. The van der Waals surface area contributed by atoms with Gasteiger partial charge >= 0.3 is 6.03 Å². The summed E-state index contributed by atoms with van der Waals surface area (Å²) in [4.78, 5) is 16.1. The summed E-state index contributed by atoms with van der Waals surface area (Å²) in [6.45, 7) is 2.11. The van der Waals surface area contributed by atoms with Crippen LogP contribution in [0, 0.1) is 0 Å². The minimum absolute atomic E-state index is 0.0366. The van der Waals surface area contributed by atoms with Crippen molar-refractivity contribution in [3.63, 3.8) is 0 Å². The van der Waals surface area contributed by atoms with Gasteiger partial charge in [-0.15, -0.1) is 0 Å². The van der Waals surface area contributed by atoms with Crippen LogP contribution in [-0.2, 0) is 16.6 Å². The van der Waals surface area contributed by atoms with Gasteiger partial charge in [-0.3, -0.25) is 4.98 Å². The molecule has 0 saturated carbocycles. The van der Waals surface area contributed by atoms with E-state index in [2.05, 4.69) is 15.6 Å². The molecule has 2 aromatic rings. The third-order valence-corrected chi connectivity index (χ3v) is 4.11. The van der Waals surface area contributed by atoms with E-state index < -0.39 is 10.0 Å². The van der Waals surface area contributed by atoms with Gasteiger partial charge in [0.1, 0.15) is 0 Å². The Morgan fingerprint density at radius 2 is 1.91 bits per heavy atom. The molecule has 8 heteroatoms. The molecule has 23 heavy (non-hydrogen) atoms. The van der Waals surface area contributed by atoms with Crippen LogP contribution in [0.4, 0.5) is 4.79 Å². The highest BCUT2D eigenvalue weighted by Gasteiger charge is 2.10. The second kappa shape index (κ2) is 7.21. The van der Waals surface area contributed by atoms with Gasteiger partial charge in [-0.2, -0.15) is 0 Å². The summed E-state index contributed by atoms with van der Waals surface area (Å²) in [5.74, 6) is 0. The maximum absolute atomic E-state index is 11.9. The molecular formula is C15H18N4O3S. The van der Waals surface area contributed by atoms with Gasteiger partial charge in [0.15, 0.2) is 0 Å². The van der Waals surface area contributed by atoms with Crippen molar-refractivity contribution in [1.82, 2.24) is 15.6 Å². The van der Waals surface area contributed by atoms with E-state index in [4.69, 9.17) is 5.14 Å². The average Bonchev–Trinajstić information content (AvgIpc) is 2.53. The lowest BCUT2D eigenvalue weighted by atomic mass is 10.2. The SMILES string of the molecule is C[C@H](NC(=O)NCc1ccc(S(N)(=O)=O)cc1)c1ccccn1. The monoisotopic (exact) mass is 334 g/mol. The first-order valence-electron chi connectivity index (χ1n) is 6.93. The molecule has 7 nitrogen and oxygen atoms in total. The second-order valence-electron chi connectivity index (χ2n) is 4.99. The van der Waals surface area contributed by atoms with Gasteiger partial charge in [-0.25, -0.2) is 18.4 Å². The van der Waals surface area contributed by atoms with Crippen LogP contribution in [0.5, 0.6) is 0 Å². The highest BCUT2D eigenvalue weighted by atomic mass is 32.2. The predicted molar refractivity (Wildman–Crippen MR) is 85.8 cm³/mol. The van der Waals surface area contributed by atoms with Gasteiger partial charge in [0.05, 0.1) is 16.6 Å². The maximum atomic E-state index is 11.9. The van der Waals surface area contributed by atoms with Crippen LogP contribution < -0.4 is 15.8 Å². The molecular weight excluding hydrogens is 316 g/mol. The largest absolute Gasteiger partial charge is 0.334 e. The molecule has 2 amide bonds. The number of urea groups is 1. The minimum Gasteiger partial charge on any atom is -0.334 e. The smallest absolute Gasteiger partial charge is 0.315 e. The summed E-state index contributed by atoms with van der Waals surface area (Å²) in [6, 6.07) is 10.9. The molecule has 0 radical (unpaired) electrons. The van der Waals surface area contributed by atoms with Crippen molar-refractivity contribution in [1.29, 1.82) is 0 Å². The molecule has 0 bridgehead atoms. The first-order valence-corrected chi connectivity index (χ1v) is 8.48. The lowest BCUT2D eigenvalue weighted by molar-refractivity contribution is 0.237. The Kier molecular flexibility index (Phi) is 5.30. The van der Waals surface area contributed by atoms with Gasteiger partial charge in [-0.1, -0.05) is 18.2 Å². The maximum Gasteiger partial charge on any atom is 0.315 e. The van der Waals surface area contributed by atoms with Crippen molar-refractivity contribution in [3.8, 4) is 0 Å². The van der Waals surface area contributed by atoms with Gasteiger partial charge in [0.25, 0.3) is 0 Å². The van der Waals surface area contributed by atoms with Crippen molar-refractivity contribution in [2.75, 3.05) is 0 Å². The molecule has 0 saturated heterocycles. The summed E-state index contributed by atoms with van der Waals surface area (Å²) in [5.41, 5.74) is 1.53. The molecule has 0 fully saturated rings. The molecule has 4 N–H and O–H groups in total. The zero-order chi connectivity index (χ0) is 16.9. The number of nitrogens with two attached hydrogens (primary N) is 1. The van der Waals surface area contributed by atoms with Crippen LogP contribution in [0.1, 0.15) is 24.2 Å². The number of rotatable bonds is 5. The van der Waals surface area contributed by atoms with Gasteiger partial charge < -0.3 is 10.6 Å². The van der Waals surface area contributed by atoms with Crippen molar-refractivity contribution in [3.05, 3.63) is 59.9 Å². The number of aromatic nitrogens is 1. The fourth-order valence-corrected chi connectivity index (χ4v) is 2.45. The molecule has 1 aromatic heterocycles. The number of pyridine rings is 1. The molecule has 0 aliphatic heterocycles. The Balaban J connectivity index is 1.87. The van der Waals surface area contributed by atoms with E-state index in [9.17, 15) is 13.2 Å². The van der Waals surface area contributed by atoms with E-state index in [0.717, 1.165) is 11.3 Å². The zero-order valence-electron chi connectivity index (χ0n) is 12.6. The molecule has 122 valence electrons. The normalized spacial score (nSPS) is 12.4. The molecule has 0 aliphatic carbocycles. The third-order valence-electron chi connectivity index (χ3n) is 3.18. The van der Waals surface area contributed by atoms with E-state index in [1.165, 1.54) is 12.1 Å². The van der Waals surface area contributed by atoms with Crippen molar-refractivity contribution in [2.24, 2.45) is 5.14 Å².